The molecule has 82 valence electrons. The maximum Gasteiger partial charge on any atom is 0.319 e. The van der Waals surface area contributed by atoms with Gasteiger partial charge < -0.3 is 14.9 Å². The fourth-order valence-corrected chi connectivity index (χ4v) is 1.28. The first-order chi connectivity index (χ1) is 7.00. The fraction of sp³-hybridized carbons (Fsp3) is 0.364. The zero-order valence-corrected chi connectivity index (χ0v) is 9.27. The lowest BCUT2D eigenvalue weighted by Crippen LogP contribution is -2.35. The smallest absolute Gasteiger partial charge is 0.319 e. The van der Waals surface area contributed by atoms with Gasteiger partial charge in [0.1, 0.15) is 5.75 Å². The number of phenols is 1. The lowest BCUT2D eigenvalue weighted by atomic mass is 10.2. The Morgan fingerprint density at radius 1 is 1.20 bits per heavy atom. The largest absolute Gasteiger partial charge is 0.508 e. The highest BCUT2D eigenvalue weighted by Crippen LogP contribution is 2.11. The van der Waals surface area contributed by atoms with Crippen molar-refractivity contribution in [2.75, 3.05) is 21.1 Å². The van der Waals surface area contributed by atoms with Crippen LogP contribution in [0.1, 0.15) is 5.56 Å². The standard InChI is InChI=1S/C11H16N2O2/c1-12(2)11(15)13(3)8-9-4-6-10(14)7-5-9/h4-7,14H,8H2,1-3H3. The molecule has 0 bridgehead atoms. The van der Waals surface area contributed by atoms with Gasteiger partial charge in [-0.05, 0) is 17.7 Å². The predicted octanol–water partition coefficient (Wildman–Crippen LogP) is 1.51. The maximum atomic E-state index is 11.5. The van der Waals surface area contributed by atoms with Crippen molar-refractivity contribution in [3.05, 3.63) is 29.8 Å². The summed E-state index contributed by atoms with van der Waals surface area (Å²) in [6, 6.07) is 6.79. The Labute approximate surface area is 89.7 Å². The van der Waals surface area contributed by atoms with Crippen LogP contribution < -0.4 is 0 Å². The molecule has 4 nitrogen and oxygen atoms in total. The summed E-state index contributed by atoms with van der Waals surface area (Å²) in [6.07, 6.45) is 0. The number of urea groups is 1. The average molecular weight is 208 g/mol. The first-order valence-electron chi connectivity index (χ1n) is 4.71. The molecule has 1 aromatic rings. The Hall–Kier alpha value is -1.71. The second-order valence-corrected chi connectivity index (χ2v) is 3.70. The van der Waals surface area contributed by atoms with E-state index in [1.807, 2.05) is 0 Å². The Morgan fingerprint density at radius 2 is 1.73 bits per heavy atom. The first-order valence-corrected chi connectivity index (χ1v) is 4.71. The van der Waals surface area contributed by atoms with Crippen LogP contribution in [0.25, 0.3) is 0 Å². The number of aromatic hydroxyl groups is 1. The van der Waals surface area contributed by atoms with Crippen molar-refractivity contribution in [3.8, 4) is 5.75 Å². The number of rotatable bonds is 2. The van der Waals surface area contributed by atoms with Crippen molar-refractivity contribution in [3.63, 3.8) is 0 Å². The van der Waals surface area contributed by atoms with Gasteiger partial charge in [-0.1, -0.05) is 12.1 Å². The van der Waals surface area contributed by atoms with Crippen molar-refractivity contribution < 1.29 is 9.90 Å². The van der Waals surface area contributed by atoms with E-state index in [2.05, 4.69) is 0 Å². The topological polar surface area (TPSA) is 43.8 Å². The molecule has 0 aliphatic carbocycles. The van der Waals surface area contributed by atoms with Crippen molar-refractivity contribution in [1.82, 2.24) is 9.80 Å². The van der Waals surface area contributed by atoms with E-state index in [1.165, 1.54) is 4.90 Å². The number of carbonyl (C=O) groups is 1. The van der Waals surface area contributed by atoms with Crippen LogP contribution in [0.2, 0.25) is 0 Å². The highest BCUT2D eigenvalue weighted by molar-refractivity contribution is 5.73. The van der Waals surface area contributed by atoms with E-state index in [-0.39, 0.29) is 11.8 Å². The zero-order chi connectivity index (χ0) is 11.4. The monoisotopic (exact) mass is 208 g/mol. The van der Waals surface area contributed by atoms with Crippen LogP contribution in [-0.4, -0.2) is 42.1 Å². The second kappa shape index (κ2) is 4.68. The first kappa shape index (κ1) is 11.4. The zero-order valence-electron chi connectivity index (χ0n) is 9.27. The molecule has 1 rings (SSSR count). The van der Waals surface area contributed by atoms with Crippen molar-refractivity contribution >= 4 is 6.03 Å². The molecule has 0 saturated carbocycles. The number of hydrogen-bond donors (Lipinski definition) is 1. The van der Waals surface area contributed by atoms with Crippen LogP contribution >= 0.6 is 0 Å². The van der Waals surface area contributed by atoms with Crippen LogP contribution in [0.5, 0.6) is 5.75 Å². The third kappa shape index (κ3) is 3.16. The van der Waals surface area contributed by atoms with Crippen LogP contribution in [-0.2, 0) is 6.54 Å². The third-order valence-electron chi connectivity index (χ3n) is 2.07. The summed E-state index contributed by atoms with van der Waals surface area (Å²) >= 11 is 0. The molecule has 0 fully saturated rings. The molecular weight excluding hydrogens is 192 g/mol. The van der Waals surface area contributed by atoms with E-state index < -0.39 is 0 Å². The van der Waals surface area contributed by atoms with E-state index in [9.17, 15) is 4.79 Å². The number of nitrogens with zero attached hydrogens (tertiary/aromatic N) is 2. The minimum atomic E-state index is -0.0388. The lowest BCUT2D eigenvalue weighted by Gasteiger charge is -2.21. The van der Waals surface area contributed by atoms with Gasteiger partial charge in [-0.2, -0.15) is 0 Å². The van der Waals surface area contributed by atoms with E-state index in [0.29, 0.717) is 6.54 Å². The van der Waals surface area contributed by atoms with Gasteiger partial charge in [0.05, 0.1) is 0 Å². The summed E-state index contributed by atoms with van der Waals surface area (Å²) in [4.78, 5) is 14.7. The molecule has 0 spiro atoms. The third-order valence-corrected chi connectivity index (χ3v) is 2.07. The Bertz CT molecular complexity index is 333. The molecule has 0 heterocycles. The Kier molecular flexibility index (Phi) is 3.55. The van der Waals surface area contributed by atoms with E-state index in [0.717, 1.165) is 5.56 Å². The van der Waals surface area contributed by atoms with Gasteiger partial charge in [0, 0.05) is 27.7 Å². The SMILES string of the molecule is CN(C)C(=O)N(C)Cc1ccc(O)cc1. The van der Waals surface area contributed by atoms with E-state index in [4.69, 9.17) is 5.11 Å². The molecular formula is C11H16N2O2. The summed E-state index contributed by atoms with van der Waals surface area (Å²) in [6.45, 7) is 0.539. The van der Waals surface area contributed by atoms with Crippen LogP contribution in [0.4, 0.5) is 4.79 Å². The molecule has 0 aromatic heterocycles. The molecule has 2 amide bonds. The molecule has 4 heteroatoms. The van der Waals surface area contributed by atoms with E-state index in [1.54, 1.807) is 50.3 Å². The lowest BCUT2D eigenvalue weighted by molar-refractivity contribution is 0.180. The van der Waals surface area contributed by atoms with Crippen LogP contribution in [0.3, 0.4) is 0 Å². The minimum absolute atomic E-state index is 0.0388. The Morgan fingerprint density at radius 3 is 2.20 bits per heavy atom. The minimum Gasteiger partial charge on any atom is -0.508 e. The molecule has 0 aliphatic heterocycles. The molecule has 0 radical (unpaired) electrons. The molecule has 1 N–H and O–H groups in total. The van der Waals surface area contributed by atoms with Gasteiger partial charge in [-0.3, -0.25) is 0 Å². The molecule has 0 saturated heterocycles. The molecule has 15 heavy (non-hydrogen) atoms. The quantitative estimate of drug-likeness (QED) is 0.800. The number of hydrogen-bond acceptors (Lipinski definition) is 2. The number of benzene rings is 1. The molecule has 0 aliphatic rings. The summed E-state index contributed by atoms with van der Waals surface area (Å²) in [5.74, 6) is 0.236. The summed E-state index contributed by atoms with van der Waals surface area (Å²) < 4.78 is 0. The fourth-order valence-electron chi connectivity index (χ4n) is 1.28. The molecule has 0 unspecified atom stereocenters. The van der Waals surface area contributed by atoms with Gasteiger partial charge >= 0.3 is 6.03 Å². The summed E-state index contributed by atoms with van der Waals surface area (Å²) in [7, 11) is 5.18. The number of carbonyl (C=O) groups excluding carboxylic acids is 1. The highest BCUT2D eigenvalue weighted by Gasteiger charge is 2.10. The summed E-state index contributed by atoms with van der Waals surface area (Å²) in [5.41, 5.74) is 0.991. The summed E-state index contributed by atoms with van der Waals surface area (Å²) in [5, 5.41) is 9.10. The van der Waals surface area contributed by atoms with Gasteiger partial charge in [0.2, 0.25) is 0 Å². The number of amides is 2. The van der Waals surface area contributed by atoms with Crippen LogP contribution in [0.15, 0.2) is 24.3 Å². The van der Waals surface area contributed by atoms with E-state index >= 15 is 0 Å². The molecule has 0 atom stereocenters. The maximum absolute atomic E-state index is 11.5. The van der Waals surface area contributed by atoms with Crippen molar-refractivity contribution in [1.29, 1.82) is 0 Å². The van der Waals surface area contributed by atoms with Crippen LogP contribution in [0, 0.1) is 0 Å². The molecule has 1 aromatic carbocycles. The van der Waals surface area contributed by atoms with Gasteiger partial charge in [0.15, 0.2) is 0 Å². The normalized spacial score (nSPS) is 9.80. The van der Waals surface area contributed by atoms with Crippen molar-refractivity contribution in [2.45, 2.75) is 6.54 Å². The van der Waals surface area contributed by atoms with Gasteiger partial charge in [-0.15, -0.1) is 0 Å². The van der Waals surface area contributed by atoms with Crippen molar-refractivity contribution in [2.24, 2.45) is 0 Å². The number of phenolic OH excluding ortho intramolecular Hbond substituents is 1. The average Bonchev–Trinajstić information content (AvgIpc) is 2.20. The highest BCUT2D eigenvalue weighted by atomic mass is 16.3. The van der Waals surface area contributed by atoms with Gasteiger partial charge in [0.25, 0.3) is 0 Å². The predicted molar refractivity (Wildman–Crippen MR) is 58.7 cm³/mol. The second-order valence-electron chi connectivity index (χ2n) is 3.70. The van der Waals surface area contributed by atoms with Gasteiger partial charge in [-0.25, -0.2) is 4.79 Å². The Balaban J connectivity index is 2.62.